The van der Waals surface area contributed by atoms with E-state index in [1.165, 1.54) is 5.56 Å². The van der Waals surface area contributed by atoms with Crippen LogP contribution in [0.3, 0.4) is 0 Å². The summed E-state index contributed by atoms with van der Waals surface area (Å²) in [5, 5.41) is 0.749. The predicted molar refractivity (Wildman–Crippen MR) is 69.9 cm³/mol. The second-order valence-corrected chi connectivity index (χ2v) is 4.94. The van der Waals surface area contributed by atoms with Crippen molar-refractivity contribution >= 4 is 27.5 Å². The fourth-order valence-corrected chi connectivity index (χ4v) is 2.62. The first-order valence-corrected chi connectivity index (χ1v) is 6.31. The molecule has 84 valence electrons. The van der Waals surface area contributed by atoms with E-state index in [0.29, 0.717) is 0 Å². The number of nitrogens with zero attached hydrogens (tertiary/aromatic N) is 2. The predicted octanol–water partition coefficient (Wildman–Crippen LogP) is 3.91. The first-order chi connectivity index (χ1) is 7.69. The van der Waals surface area contributed by atoms with Gasteiger partial charge in [0.25, 0.3) is 0 Å². The minimum Gasteiger partial charge on any atom is -0.335 e. The standard InChI is InChI=1S/C12H12BrClN2/c1-2-16-4-3-15-12(16)7-9-5-10(13)8-11(14)6-9/h3-6,8H,2,7H2,1H3. The maximum atomic E-state index is 6.01. The lowest BCUT2D eigenvalue weighted by Gasteiger charge is -2.05. The van der Waals surface area contributed by atoms with Crippen LogP contribution in [0.25, 0.3) is 0 Å². The highest BCUT2D eigenvalue weighted by Gasteiger charge is 2.04. The summed E-state index contributed by atoms with van der Waals surface area (Å²) in [6, 6.07) is 5.93. The number of aromatic nitrogens is 2. The third-order valence-electron chi connectivity index (χ3n) is 2.43. The van der Waals surface area contributed by atoms with E-state index in [9.17, 15) is 0 Å². The molecule has 0 amide bonds. The molecule has 0 bridgehead atoms. The minimum absolute atomic E-state index is 0.749. The Balaban J connectivity index is 2.26. The molecule has 16 heavy (non-hydrogen) atoms. The van der Waals surface area contributed by atoms with Crippen molar-refractivity contribution in [3.8, 4) is 0 Å². The van der Waals surface area contributed by atoms with Gasteiger partial charge in [0.1, 0.15) is 5.82 Å². The summed E-state index contributed by atoms with van der Waals surface area (Å²) in [5.74, 6) is 1.07. The van der Waals surface area contributed by atoms with Crippen LogP contribution in [0.2, 0.25) is 5.02 Å². The number of hydrogen-bond donors (Lipinski definition) is 0. The molecule has 0 aliphatic heterocycles. The summed E-state index contributed by atoms with van der Waals surface area (Å²) in [5.41, 5.74) is 1.17. The van der Waals surface area contributed by atoms with E-state index in [1.54, 1.807) is 0 Å². The molecule has 0 spiro atoms. The molecule has 1 aromatic heterocycles. The maximum absolute atomic E-state index is 6.01. The highest BCUT2D eigenvalue weighted by molar-refractivity contribution is 9.10. The molecule has 0 atom stereocenters. The van der Waals surface area contributed by atoms with Crippen molar-refractivity contribution in [1.82, 2.24) is 9.55 Å². The van der Waals surface area contributed by atoms with Crippen LogP contribution in [-0.4, -0.2) is 9.55 Å². The molecule has 2 aromatic rings. The quantitative estimate of drug-likeness (QED) is 0.840. The first-order valence-electron chi connectivity index (χ1n) is 5.14. The van der Waals surface area contributed by atoms with E-state index in [-0.39, 0.29) is 0 Å². The number of benzene rings is 1. The molecule has 1 aromatic carbocycles. The monoisotopic (exact) mass is 298 g/mol. The molecule has 2 rings (SSSR count). The third-order valence-corrected chi connectivity index (χ3v) is 3.10. The average Bonchev–Trinajstić information content (AvgIpc) is 2.63. The van der Waals surface area contributed by atoms with Gasteiger partial charge in [0, 0.05) is 34.9 Å². The Morgan fingerprint density at radius 2 is 2.19 bits per heavy atom. The molecular formula is C12H12BrClN2. The highest BCUT2D eigenvalue weighted by Crippen LogP contribution is 2.21. The van der Waals surface area contributed by atoms with E-state index in [1.807, 2.05) is 24.5 Å². The Morgan fingerprint density at radius 3 is 2.88 bits per heavy atom. The van der Waals surface area contributed by atoms with Gasteiger partial charge in [-0.25, -0.2) is 4.98 Å². The van der Waals surface area contributed by atoms with Crippen molar-refractivity contribution in [1.29, 1.82) is 0 Å². The van der Waals surface area contributed by atoms with Gasteiger partial charge < -0.3 is 4.57 Å². The lowest BCUT2D eigenvalue weighted by Crippen LogP contribution is -2.01. The lowest BCUT2D eigenvalue weighted by atomic mass is 10.1. The average molecular weight is 300 g/mol. The molecule has 2 nitrogen and oxygen atoms in total. The number of aryl methyl sites for hydroxylation is 1. The van der Waals surface area contributed by atoms with Crippen molar-refractivity contribution in [2.45, 2.75) is 19.9 Å². The van der Waals surface area contributed by atoms with Crippen molar-refractivity contribution < 1.29 is 0 Å². The number of rotatable bonds is 3. The largest absolute Gasteiger partial charge is 0.335 e. The van der Waals surface area contributed by atoms with Gasteiger partial charge in [-0.2, -0.15) is 0 Å². The normalized spacial score (nSPS) is 10.7. The van der Waals surface area contributed by atoms with Crippen LogP contribution >= 0.6 is 27.5 Å². The fraction of sp³-hybridized carbons (Fsp3) is 0.250. The first kappa shape index (κ1) is 11.7. The second-order valence-electron chi connectivity index (χ2n) is 3.58. The molecule has 0 N–H and O–H groups in total. The van der Waals surface area contributed by atoms with E-state index in [2.05, 4.69) is 38.5 Å². The van der Waals surface area contributed by atoms with Crippen LogP contribution in [0.15, 0.2) is 35.1 Å². The summed E-state index contributed by atoms with van der Waals surface area (Å²) in [4.78, 5) is 4.35. The molecular weight excluding hydrogens is 288 g/mol. The van der Waals surface area contributed by atoms with Crippen molar-refractivity contribution in [2.75, 3.05) is 0 Å². The molecule has 0 aliphatic carbocycles. The summed E-state index contributed by atoms with van der Waals surface area (Å²) < 4.78 is 3.14. The summed E-state index contributed by atoms with van der Waals surface area (Å²) in [6.45, 7) is 3.05. The van der Waals surface area contributed by atoms with E-state index in [4.69, 9.17) is 11.6 Å². The van der Waals surface area contributed by atoms with Crippen molar-refractivity contribution in [3.05, 3.63) is 51.5 Å². The Hall–Kier alpha value is -0.800. The molecule has 0 fully saturated rings. The molecule has 4 heteroatoms. The van der Waals surface area contributed by atoms with Gasteiger partial charge in [-0.1, -0.05) is 27.5 Å². The Kier molecular flexibility index (Phi) is 3.66. The van der Waals surface area contributed by atoms with Crippen molar-refractivity contribution in [2.24, 2.45) is 0 Å². The van der Waals surface area contributed by atoms with Gasteiger partial charge in [-0.05, 0) is 30.7 Å². The molecule has 0 unspecified atom stereocenters. The van der Waals surface area contributed by atoms with Crippen LogP contribution in [0.1, 0.15) is 18.3 Å². The van der Waals surface area contributed by atoms with Gasteiger partial charge in [-0.3, -0.25) is 0 Å². The zero-order chi connectivity index (χ0) is 11.5. The minimum atomic E-state index is 0.749. The zero-order valence-electron chi connectivity index (χ0n) is 8.95. The van der Waals surface area contributed by atoms with E-state index >= 15 is 0 Å². The summed E-state index contributed by atoms with van der Waals surface area (Å²) in [7, 11) is 0. The van der Waals surface area contributed by atoms with Gasteiger partial charge in [0.15, 0.2) is 0 Å². The highest BCUT2D eigenvalue weighted by atomic mass is 79.9. The number of hydrogen-bond acceptors (Lipinski definition) is 1. The van der Waals surface area contributed by atoms with E-state index in [0.717, 1.165) is 28.3 Å². The van der Waals surface area contributed by atoms with Gasteiger partial charge >= 0.3 is 0 Å². The van der Waals surface area contributed by atoms with Crippen LogP contribution in [0.4, 0.5) is 0 Å². The van der Waals surface area contributed by atoms with Gasteiger partial charge in [-0.15, -0.1) is 0 Å². The Bertz CT molecular complexity index is 473. The summed E-state index contributed by atoms with van der Waals surface area (Å²) >= 11 is 9.45. The molecule has 0 saturated carbocycles. The lowest BCUT2D eigenvalue weighted by molar-refractivity contribution is 0.712. The molecule has 0 radical (unpaired) electrons. The van der Waals surface area contributed by atoms with Crippen LogP contribution in [0.5, 0.6) is 0 Å². The van der Waals surface area contributed by atoms with E-state index < -0.39 is 0 Å². The number of halogens is 2. The maximum Gasteiger partial charge on any atom is 0.113 e. The van der Waals surface area contributed by atoms with Crippen LogP contribution < -0.4 is 0 Å². The molecule has 1 heterocycles. The molecule has 0 aliphatic rings. The Morgan fingerprint density at radius 1 is 1.38 bits per heavy atom. The fourth-order valence-electron chi connectivity index (χ4n) is 1.69. The zero-order valence-corrected chi connectivity index (χ0v) is 11.3. The smallest absolute Gasteiger partial charge is 0.113 e. The van der Waals surface area contributed by atoms with Gasteiger partial charge in [0.2, 0.25) is 0 Å². The van der Waals surface area contributed by atoms with Gasteiger partial charge in [0.05, 0.1) is 0 Å². The summed E-state index contributed by atoms with van der Waals surface area (Å²) in [6.07, 6.45) is 4.63. The third kappa shape index (κ3) is 2.66. The Labute approximate surface area is 108 Å². The second kappa shape index (κ2) is 5.02. The topological polar surface area (TPSA) is 17.8 Å². The van der Waals surface area contributed by atoms with Crippen LogP contribution in [0, 0.1) is 0 Å². The number of imidazole rings is 1. The molecule has 0 saturated heterocycles. The van der Waals surface area contributed by atoms with Crippen molar-refractivity contribution in [3.63, 3.8) is 0 Å². The SMILES string of the molecule is CCn1ccnc1Cc1cc(Cl)cc(Br)c1. The van der Waals surface area contributed by atoms with Crippen LogP contribution in [-0.2, 0) is 13.0 Å².